The van der Waals surface area contributed by atoms with Crippen molar-refractivity contribution in [2.45, 2.75) is 0 Å². The number of benzene rings is 1. The molecule has 0 spiro atoms. The van der Waals surface area contributed by atoms with Crippen LogP contribution >= 0.6 is 0 Å². The average Bonchev–Trinajstić information content (AvgIpc) is 2.53. The van der Waals surface area contributed by atoms with Crippen LogP contribution in [0.2, 0.25) is 0 Å². The van der Waals surface area contributed by atoms with E-state index in [9.17, 15) is 0 Å². The molecule has 0 aliphatic carbocycles. The number of ether oxygens (including phenoxy) is 2. The molecule has 0 unspecified atom stereocenters. The first-order chi connectivity index (χ1) is 10.2. The first-order valence-electron chi connectivity index (χ1n) is 6.60. The van der Waals surface area contributed by atoms with Crippen LogP contribution in [0, 0.1) is 22.7 Å². The van der Waals surface area contributed by atoms with Gasteiger partial charge in [0.1, 0.15) is 17.7 Å². The summed E-state index contributed by atoms with van der Waals surface area (Å²) in [5, 5.41) is 17.5. The molecule has 0 bridgehead atoms. The molecule has 0 radical (unpaired) electrons. The average molecular weight is 285 g/mol. The molecule has 1 aromatic carbocycles. The Labute approximate surface area is 125 Å². The van der Waals surface area contributed by atoms with E-state index in [1.807, 2.05) is 36.4 Å². The minimum Gasteiger partial charge on any atom is -0.383 e. The predicted octanol–water partition coefficient (Wildman–Crippen LogP) is 2.22. The SMILES string of the molecule is COCCN(CCOC)c1ccc(C=C(C#N)C#N)cc1. The number of allylic oxidation sites excluding steroid dienone is 1. The van der Waals surface area contributed by atoms with Crippen molar-refractivity contribution >= 4 is 11.8 Å². The third-order valence-corrected chi connectivity index (χ3v) is 2.94. The summed E-state index contributed by atoms with van der Waals surface area (Å²) in [4.78, 5) is 2.16. The maximum atomic E-state index is 8.75. The highest BCUT2D eigenvalue weighted by atomic mass is 16.5. The Kier molecular flexibility index (Phi) is 7.60. The quantitative estimate of drug-likeness (QED) is 0.685. The molecule has 0 atom stereocenters. The molecule has 0 aromatic heterocycles. The van der Waals surface area contributed by atoms with Gasteiger partial charge in [0.15, 0.2) is 0 Å². The molecule has 0 aliphatic heterocycles. The van der Waals surface area contributed by atoms with Crippen molar-refractivity contribution in [3.05, 3.63) is 35.4 Å². The fraction of sp³-hybridized carbons (Fsp3) is 0.375. The Balaban J connectivity index is 2.84. The number of rotatable bonds is 8. The third kappa shape index (κ3) is 5.66. The number of anilines is 1. The highest BCUT2D eigenvalue weighted by Crippen LogP contribution is 2.16. The molecule has 1 aromatic rings. The van der Waals surface area contributed by atoms with Gasteiger partial charge in [-0.05, 0) is 23.8 Å². The van der Waals surface area contributed by atoms with Gasteiger partial charge in [-0.25, -0.2) is 0 Å². The summed E-state index contributed by atoms with van der Waals surface area (Å²) < 4.78 is 10.2. The van der Waals surface area contributed by atoms with Gasteiger partial charge in [0, 0.05) is 33.0 Å². The summed E-state index contributed by atoms with van der Waals surface area (Å²) in [5.41, 5.74) is 1.98. The van der Waals surface area contributed by atoms with Crippen LogP contribution in [0.25, 0.3) is 6.08 Å². The lowest BCUT2D eigenvalue weighted by molar-refractivity contribution is 0.190. The molecule has 21 heavy (non-hydrogen) atoms. The molecule has 0 amide bonds. The first kappa shape index (κ1) is 16.7. The Morgan fingerprint density at radius 1 is 1.05 bits per heavy atom. The normalized spacial score (nSPS) is 9.52. The summed E-state index contributed by atoms with van der Waals surface area (Å²) in [7, 11) is 3.35. The van der Waals surface area contributed by atoms with Crippen molar-refractivity contribution in [3.63, 3.8) is 0 Å². The van der Waals surface area contributed by atoms with Gasteiger partial charge in [-0.1, -0.05) is 12.1 Å². The lowest BCUT2D eigenvalue weighted by atomic mass is 10.1. The minimum atomic E-state index is 0.0957. The van der Waals surface area contributed by atoms with Crippen molar-refractivity contribution in [1.82, 2.24) is 0 Å². The van der Waals surface area contributed by atoms with Crippen molar-refractivity contribution in [1.29, 1.82) is 10.5 Å². The number of nitrogens with zero attached hydrogens (tertiary/aromatic N) is 3. The highest BCUT2D eigenvalue weighted by molar-refractivity contribution is 5.64. The van der Waals surface area contributed by atoms with E-state index in [0.29, 0.717) is 13.2 Å². The van der Waals surface area contributed by atoms with E-state index < -0.39 is 0 Å². The largest absolute Gasteiger partial charge is 0.383 e. The molecule has 110 valence electrons. The summed E-state index contributed by atoms with van der Waals surface area (Å²) in [6, 6.07) is 11.4. The first-order valence-corrected chi connectivity index (χ1v) is 6.60. The Morgan fingerprint density at radius 2 is 1.57 bits per heavy atom. The molecular weight excluding hydrogens is 266 g/mol. The molecule has 0 N–H and O–H groups in total. The molecule has 5 heteroatoms. The van der Waals surface area contributed by atoms with E-state index in [-0.39, 0.29) is 5.57 Å². The van der Waals surface area contributed by atoms with E-state index in [2.05, 4.69) is 4.90 Å². The van der Waals surface area contributed by atoms with E-state index >= 15 is 0 Å². The predicted molar refractivity (Wildman–Crippen MR) is 81.6 cm³/mol. The molecule has 0 saturated heterocycles. The second kappa shape index (κ2) is 9.55. The third-order valence-electron chi connectivity index (χ3n) is 2.94. The number of hydrogen-bond donors (Lipinski definition) is 0. The van der Waals surface area contributed by atoms with Crippen molar-refractivity contribution in [3.8, 4) is 12.1 Å². The van der Waals surface area contributed by atoms with Gasteiger partial charge in [-0.3, -0.25) is 0 Å². The zero-order valence-electron chi connectivity index (χ0n) is 12.4. The summed E-state index contributed by atoms with van der Waals surface area (Å²) in [5.74, 6) is 0. The Bertz CT molecular complexity index is 514. The number of hydrogen-bond acceptors (Lipinski definition) is 5. The summed E-state index contributed by atoms with van der Waals surface area (Å²) >= 11 is 0. The van der Waals surface area contributed by atoms with Crippen LogP contribution in [-0.4, -0.2) is 40.5 Å². The van der Waals surface area contributed by atoms with Gasteiger partial charge in [0.2, 0.25) is 0 Å². The van der Waals surface area contributed by atoms with Crippen LogP contribution in [0.3, 0.4) is 0 Å². The zero-order valence-corrected chi connectivity index (χ0v) is 12.4. The molecule has 0 fully saturated rings. The Hall–Kier alpha value is -2.34. The van der Waals surface area contributed by atoms with Crippen molar-refractivity contribution in [2.75, 3.05) is 45.4 Å². The van der Waals surface area contributed by atoms with Gasteiger partial charge in [0.25, 0.3) is 0 Å². The second-order valence-electron chi connectivity index (χ2n) is 4.35. The van der Waals surface area contributed by atoms with Crippen LogP contribution in [0.15, 0.2) is 29.8 Å². The van der Waals surface area contributed by atoms with Gasteiger partial charge >= 0.3 is 0 Å². The topological polar surface area (TPSA) is 69.3 Å². The highest BCUT2D eigenvalue weighted by Gasteiger charge is 2.06. The molecule has 0 saturated carbocycles. The van der Waals surface area contributed by atoms with Crippen LogP contribution < -0.4 is 4.90 Å². The monoisotopic (exact) mass is 285 g/mol. The van der Waals surface area contributed by atoms with Gasteiger partial charge in [0.05, 0.1) is 13.2 Å². The number of methoxy groups -OCH3 is 2. The Morgan fingerprint density at radius 3 is 2.00 bits per heavy atom. The van der Waals surface area contributed by atoms with E-state index in [1.54, 1.807) is 20.3 Å². The maximum absolute atomic E-state index is 8.75. The van der Waals surface area contributed by atoms with E-state index in [1.165, 1.54) is 0 Å². The lowest BCUT2D eigenvalue weighted by Crippen LogP contribution is -2.30. The van der Waals surface area contributed by atoms with Crippen LogP contribution in [0.4, 0.5) is 5.69 Å². The summed E-state index contributed by atoms with van der Waals surface area (Å²) in [6.45, 7) is 2.82. The van der Waals surface area contributed by atoms with Gasteiger partial charge < -0.3 is 14.4 Å². The van der Waals surface area contributed by atoms with Crippen molar-refractivity contribution < 1.29 is 9.47 Å². The summed E-state index contributed by atoms with van der Waals surface area (Å²) in [6.07, 6.45) is 1.57. The smallest absolute Gasteiger partial charge is 0.130 e. The zero-order chi connectivity index (χ0) is 15.5. The standard InChI is InChI=1S/C16H19N3O2/c1-20-9-7-19(8-10-21-2)16-5-3-14(4-6-16)11-15(12-17)13-18/h3-6,11H,7-10H2,1-2H3. The lowest BCUT2D eigenvalue weighted by Gasteiger charge is -2.24. The molecule has 0 aliphatic rings. The van der Waals surface area contributed by atoms with Gasteiger partial charge in [-0.2, -0.15) is 10.5 Å². The molecule has 5 nitrogen and oxygen atoms in total. The van der Waals surface area contributed by atoms with E-state index in [0.717, 1.165) is 24.3 Å². The maximum Gasteiger partial charge on any atom is 0.130 e. The van der Waals surface area contributed by atoms with Crippen molar-refractivity contribution in [2.24, 2.45) is 0 Å². The molecule has 0 heterocycles. The fourth-order valence-corrected chi connectivity index (χ4v) is 1.81. The van der Waals surface area contributed by atoms with Crippen LogP contribution in [0.5, 0.6) is 0 Å². The van der Waals surface area contributed by atoms with Crippen LogP contribution in [0.1, 0.15) is 5.56 Å². The molecule has 1 rings (SSSR count). The fourth-order valence-electron chi connectivity index (χ4n) is 1.81. The van der Waals surface area contributed by atoms with Crippen LogP contribution in [-0.2, 0) is 9.47 Å². The second-order valence-corrected chi connectivity index (χ2v) is 4.35. The molecular formula is C16H19N3O2. The van der Waals surface area contributed by atoms with Gasteiger partial charge in [-0.15, -0.1) is 0 Å². The minimum absolute atomic E-state index is 0.0957. The number of nitriles is 2. The van der Waals surface area contributed by atoms with E-state index in [4.69, 9.17) is 20.0 Å².